The molecule has 0 bridgehead atoms. The molecule has 0 aliphatic carbocycles. The van der Waals surface area contributed by atoms with Gasteiger partial charge in [0.25, 0.3) is 0 Å². The predicted octanol–water partition coefficient (Wildman–Crippen LogP) is 6.41. The third-order valence-corrected chi connectivity index (χ3v) is 8.00. The van der Waals surface area contributed by atoms with Gasteiger partial charge in [0.1, 0.15) is 22.2 Å². The fraction of sp³-hybridized carbons (Fsp3) is 0.333. The third kappa shape index (κ3) is 5.77. The normalized spacial score (nSPS) is 16.5. The minimum Gasteiger partial charge on any atom is -0.495 e. The number of ether oxygens (including phenoxy) is 2. The van der Waals surface area contributed by atoms with E-state index in [0.29, 0.717) is 18.7 Å². The van der Waals surface area contributed by atoms with Crippen LogP contribution < -0.4 is 9.47 Å². The zero-order valence-corrected chi connectivity index (χ0v) is 22.4. The van der Waals surface area contributed by atoms with Gasteiger partial charge in [-0.2, -0.15) is 13.2 Å². The van der Waals surface area contributed by atoms with Gasteiger partial charge >= 0.3 is 6.18 Å². The minimum absolute atomic E-state index is 0.0723. The van der Waals surface area contributed by atoms with E-state index in [2.05, 4.69) is 0 Å². The fourth-order valence-electron chi connectivity index (χ4n) is 4.63. The van der Waals surface area contributed by atoms with E-state index in [1.807, 2.05) is 4.90 Å². The van der Waals surface area contributed by atoms with Crippen molar-refractivity contribution >= 4 is 21.4 Å². The number of halogens is 5. The van der Waals surface area contributed by atoms with Crippen molar-refractivity contribution in [1.82, 2.24) is 4.90 Å². The van der Waals surface area contributed by atoms with Gasteiger partial charge in [0.2, 0.25) is 0 Å². The first-order valence-electron chi connectivity index (χ1n) is 11.7. The number of likely N-dealkylation sites (tertiary alicyclic amines) is 1. The van der Waals surface area contributed by atoms with Gasteiger partial charge in [-0.3, -0.25) is 4.90 Å². The summed E-state index contributed by atoms with van der Waals surface area (Å²) in [6.07, 6.45) is -5.81. The van der Waals surface area contributed by atoms with Crippen LogP contribution in [-0.2, 0) is 9.84 Å². The van der Waals surface area contributed by atoms with Crippen LogP contribution in [0, 0.1) is 5.82 Å². The molecule has 0 N–H and O–H groups in total. The molecule has 1 aliphatic heterocycles. The molecule has 38 heavy (non-hydrogen) atoms. The fourth-order valence-corrected chi connectivity index (χ4v) is 5.80. The molecule has 204 valence electrons. The molecule has 11 heteroatoms. The molecule has 0 radical (unpaired) electrons. The molecule has 3 aromatic carbocycles. The maximum absolute atomic E-state index is 13.6. The zero-order chi connectivity index (χ0) is 27.8. The van der Waals surface area contributed by atoms with Crippen LogP contribution in [0.1, 0.15) is 35.6 Å². The van der Waals surface area contributed by atoms with Crippen LogP contribution in [0.4, 0.5) is 17.6 Å². The first-order chi connectivity index (χ1) is 17.8. The number of methoxy groups -OCH3 is 1. The van der Waals surface area contributed by atoms with Crippen LogP contribution in [0.15, 0.2) is 65.6 Å². The summed E-state index contributed by atoms with van der Waals surface area (Å²) in [4.78, 5) is 1.80. The highest BCUT2D eigenvalue weighted by Crippen LogP contribution is 2.48. The Morgan fingerprint density at radius 2 is 1.71 bits per heavy atom. The van der Waals surface area contributed by atoms with Gasteiger partial charge in [-0.05, 0) is 42.3 Å². The van der Waals surface area contributed by atoms with Crippen molar-refractivity contribution in [2.24, 2.45) is 0 Å². The van der Waals surface area contributed by atoms with Crippen molar-refractivity contribution in [3.05, 3.63) is 88.2 Å². The number of hydrogen-bond acceptors (Lipinski definition) is 5. The van der Waals surface area contributed by atoms with E-state index in [0.717, 1.165) is 18.7 Å². The van der Waals surface area contributed by atoms with Crippen LogP contribution in [0.3, 0.4) is 0 Å². The SMILES string of the molecule is COc1c(S(C)(=O)=O)ccc(O[C@@H](C)C(F)(F)F)c1C(c1ccccc1)N1CC(c2ccc(F)cc2Cl)C1. The van der Waals surface area contributed by atoms with Gasteiger partial charge in [0.15, 0.2) is 15.9 Å². The highest BCUT2D eigenvalue weighted by atomic mass is 35.5. The Bertz CT molecular complexity index is 1410. The minimum atomic E-state index is -4.65. The van der Waals surface area contributed by atoms with Crippen LogP contribution in [0.5, 0.6) is 11.5 Å². The zero-order valence-electron chi connectivity index (χ0n) is 20.8. The summed E-state index contributed by atoms with van der Waals surface area (Å²) in [5.74, 6) is -0.760. The second-order valence-corrected chi connectivity index (χ2v) is 11.6. The number of rotatable bonds is 8. The standard InChI is InChI=1S/C27H26ClF4NO4S/c1-16(27(30,31)32)37-22-11-12-23(38(3,34)35)26(36-2)24(22)25(17-7-5-4-6-8-17)33-14-18(15-33)20-10-9-19(29)13-21(20)28/h4-13,16,18,25H,14-15H2,1-3H3/t16-,25?/m0/s1. The Kier molecular flexibility index (Phi) is 7.97. The van der Waals surface area contributed by atoms with Crippen LogP contribution >= 0.6 is 11.6 Å². The largest absolute Gasteiger partial charge is 0.495 e. The molecule has 1 heterocycles. The molecule has 0 aromatic heterocycles. The van der Waals surface area contributed by atoms with Gasteiger partial charge in [0.05, 0.1) is 18.7 Å². The molecule has 0 saturated carbocycles. The van der Waals surface area contributed by atoms with E-state index < -0.39 is 34.0 Å². The van der Waals surface area contributed by atoms with E-state index in [-0.39, 0.29) is 32.9 Å². The summed E-state index contributed by atoms with van der Waals surface area (Å²) >= 11 is 6.27. The summed E-state index contributed by atoms with van der Waals surface area (Å²) in [5, 5.41) is 0.283. The van der Waals surface area contributed by atoms with Gasteiger partial charge < -0.3 is 9.47 Å². The molecule has 3 aromatic rings. The van der Waals surface area contributed by atoms with Crippen LogP contribution in [0.25, 0.3) is 0 Å². The summed E-state index contributed by atoms with van der Waals surface area (Å²) in [5.41, 5.74) is 1.61. The Morgan fingerprint density at radius 1 is 1.05 bits per heavy atom. The van der Waals surface area contributed by atoms with Crippen molar-refractivity contribution in [3.63, 3.8) is 0 Å². The molecule has 0 spiro atoms. The molecule has 0 amide bonds. The maximum atomic E-state index is 13.6. The Hall–Kier alpha value is -2.82. The second-order valence-electron chi connectivity index (χ2n) is 9.21. The number of sulfone groups is 1. The summed E-state index contributed by atoms with van der Waals surface area (Å²) in [7, 11) is -2.54. The lowest BCUT2D eigenvalue weighted by molar-refractivity contribution is -0.189. The Morgan fingerprint density at radius 3 is 2.26 bits per heavy atom. The highest BCUT2D eigenvalue weighted by Gasteiger charge is 2.42. The summed E-state index contributed by atoms with van der Waals surface area (Å²) in [6, 6.07) is 14.8. The van der Waals surface area contributed by atoms with Crippen molar-refractivity contribution < 1.29 is 35.5 Å². The van der Waals surface area contributed by atoms with Gasteiger partial charge in [-0.1, -0.05) is 48.0 Å². The topological polar surface area (TPSA) is 55.8 Å². The molecule has 1 saturated heterocycles. The van der Waals surface area contributed by atoms with Crippen molar-refractivity contribution in [3.8, 4) is 11.5 Å². The molecular weight excluding hydrogens is 546 g/mol. The highest BCUT2D eigenvalue weighted by molar-refractivity contribution is 7.90. The lowest BCUT2D eigenvalue weighted by atomic mass is 9.85. The first-order valence-corrected chi connectivity index (χ1v) is 14.0. The molecule has 1 aliphatic rings. The average Bonchev–Trinajstić information content (AvgIpc) is 2.81. The second kappa shape index (κ2) is 10.7. The van der Waals surface area contributed by atoms with Crippen LogP contribution in [-0.4, -0.2) is 52.1 Å². The van der Waals surface area contributed by atoms with Crippen molar-refractivity contribution in [2.75, 3.05) is 26.5 Å². The molecule has 4 rings (SSSR count). The molecule has 1 unspecified atom stereocenters. The van der Waals surface area contributed by atoms with Crippen molar-refractivity contribution in [1.29, 1.82) is 0 Å². The number of alkyl halides is 3. The lowest BCUT2D eigenvalue weighted by Gasteiger charge is -2.46. The number of hydrogen-bond donors (Lipinski definition) is 0. The van der Waals surface area contributed by atoms with E-state index in [1.54, 1.807) is 36.4 Å². The van der Waals surface area contributed by atoms with Crippen molar-refractivity contribution in [2.45, 2.75) is 36.1 Å². The molecule has 2 atom stereocenters. The maximum Gasteiger partial charge on any atom is 0.425 e. The van der Waals surface area contributed by atoms with Crippen LogP contribution in [0.2, 0.25) is 5.02 Å². The average molecular weight is 572 g/mol. The van der Waals surface area contributed by atoms with E-state index in [9.17, 15) is 26.0 Å². The molecule has 1 fully saturated rings. The summed E-state index contributed by atoms with van der Waals surface area (Å²) < 4.78 is 90.2. The number of nitrogens with zero attached hydrogens (tertiary/aromatic N) is 1. The van der Waals surface area contributed by atoms with E-state index >= 15 is 0 Å². The monoisotopic (exact) mass is 571 g/mol. The predicted molar refractivity (Wildman–Crippen MR) is 136 cm³/mol. The molecule has 5 nitrogen and oxygen atoms in total. The third-order valence-electron chi connectivity index (χ3n) is 6.55. The first kappa shape index (κ1) is 28.2. The summed E-state index contributed by atoms with van der Waals surface area (Å²) in [6.45, 7) is 1.73. The smallest absolute Gasteiger partial charge is 0.425 e. The van der Waals surface area contributed by atoms with E-state index in [4.69, 9.17) is 21.1 Å². The Labute approximate surface area is 223 Å². The quantitative estimate of drug-likeness (QED) is 0.293. The van der Waals surface area contributed by atoms with Gasteiger partial charge in [-0.15, -0.1) is 0 Å². The lowest BCUT2D eigenvalue weighted by Crippen LogP contribution is -2.47. The number of benzene rings is 3. The van der Waals surface area contributed by atoms with E-state index in [1.165, 1.54) is 31.4 Å². The van der Waals surface area contributed by atoms with Gasteiger partial charge in [0, 0.05) is 30.3 Å². The molecular formula is C27H26ClF4NO4S. The van der Waals surface area contributed by atoms with Gasteiger partial charge in [-0.25, -0.2) is 12.8 Å². The Balaban J connectivity index is 1.85.